The van der Waals surface area contributed by atoms with E-state index in [4.69, 9.17) is 5.11 Å². The van der Waals surface area contributed by atoms with Gasteiger partial charge in [0, 0.05) is 6.61 Å². The van der Waals surface area contributed by atoms with Crippen LogP contribution in [-0.4, -0.2) is 11.7 Å². The molecule has 1 nitrogen and oxygen atoms in total. The van der Waals surface area contributed by atoms with E-state index in [2.05, 4.69) is 25.2 Å². The van der Waals surface area contributed by atoms with Crippen molar-refractivity contribution in [1.29, 1.82) is 0 Å². The molecule has 0 rings (SSSR count). The van der Waals surface area contributed by atoms with E-state index >= 15 is 0 Å². The molecule has 0 aromatic rings. The van der Waals surface area contributed by atoms with E-state index in [9.17, 15) is 0 Å². The van der Waals surface area contributed by atoms with Gasteiger partial charge in [0.25, 0.3) is 0 Å². The molecule has 0 fully saturated rings. The Morgan fingerprint density at radius 2 is 1.80 bits per heavy atom. The molecule has 1 heteroatoms. The maximum absolute atomic E-state index is 8.40. The van der Waals surface area contributed by atoms with E-state index in [1.807, 2.05) is 6.08 Å². The molecule has 0 saturated carbocycles. The van der Waals surface area contributed by atoms with Gasteiger partial charge in [-0.05, 0) is 19.3 Å². The SMILES string of the molecule is CCC=CCC=CCCO. The van der Waals surface area contributed by atoms with Gasteiger partial charge in [-0.3, -0.25) is 0 Å². The lowest BCUT2D eigenvalue weighted by molar-refractivity contribution is 0.302. The molecule has 0 amide bonds. The second kappa shape index (κ2) is 8.44. The summed E-state index contributed by atoms with van der Waals surface area (Å²) < 4.78 is 0. The van der Waals surface area contributed by atoms with Crippen LogP contribution in [0.25, 0.3) is 0 Å². The van der Waals surface area contributed by atoms with Gasteiger partial charge in [-0.25, -0.2) is 0 Å². The highest BCUT2D eigenvalue weighted by Gasteiger charge is 1.72. The van der Waals surface area contributed by atoms with Crippen molar-refractivity contribution in [1.82, 2.24) is 0 Å². The fourth-order valence-electron chi connectivity index (χ4n) is 0.630. The van der Waals surface area contributed by atoms with Gasteiger partial charge in [-0.2, -0.15) is 0 Å². The molecule has 0 aromatic carbocycles. The predicted molar refractivity (Wildman–Crippen MR) is 44.9 cm³/mol. The maximum atomic E-state index is 8.40. The van der Waals surface area contributed by atoms with Crippen LogP contribution in [0.1, 0.15) is 26.2 Å². The van der Waals surface area contributed by atoms with E-state index in [-0.39, 0.29) is 6.61 Å². The molecule has 0 radical (unpaired) electrons. The summed E-state index contributed by atoms with van der Waals surface area (Å²) >= 11 is 0. The van der Waals surface area contributed by atoms with Crippen LogP contribution in [0.2, 0.25) is 0 Å². The molecule has 0 aliphatic rings. The third-order valence-electron chi connectivity index (χ3n) is 1.14. The van der Waals surface area contributed by atoms with Gasteiger partial charge in [0.05, 0.1) is 0 Å². The van der Waals surface area contributed by atoms with Crippen LogP contribution < -0.4 is 0 Å². The molecule has 0 saturated heterocycles. The van der Waals surface area contributed by atoms with Crippen molar-refractivity contribution >= 4 is 0 Å². The number of hydrogen-bond donors (Lipinski definition) is 1. The van der Waals surface area contributed by atoms with Gasteiger partial charge < -0.3 is 5.11 Å². The molecule has 0 aliphatic heterocycles. The standard InChI is InChI=1S/C9H16O/c1-2-3-4-5-6-7-8-9-10/h3-4,6-7,10H,2,5,8-9H2,1H3. The first kappa shape index (κ1) is 9.44. The first-order valence-corrected chi connectivity index (χ1v) is 3.82. The van der Waals surface area contributed by atoms with E-state index in [1.165, 1.54) is 0 Å². The van der Waals surface area contributed by atoms with E-state index in [0.29, 0.717) is 0 Å². The minimum Gasteiger partial charge on any atom is -0.396 e. The van der Waals surface area contributed by atoms with Gasteiger partial charge in [0.15, 0.2) is 0 Å². The Balaban J connectivity index is 3.09. The minimum atomic E-state index is 0.258. The molecule has 0 bridgehead atoms. The zero-order valence-corrected chi connectivity index (χ0v) is 6.59. The Morgan fingerprint density at radius 3 is 2.40 bits per heavy atom. The van der Waals surface area contributed by atoms with Crippen LogP contribution in [0.15, 0.2) is 24.3 Å². The highest BCUT2D eigenvalue weighted by Crippen LogP contribution is 1.89. The second-order valence-electron chi connectivity index (χ2n) is 2.10. The lowest BCUT2D eigenvalue weighted by Gasteiger charge is -1.83. The van der Waals surface area contributed by atoms with Crippen molar-refractivity contribution < 1.29 is 5.11 Å². The zero-order chi connectivity index (χ0) is 7.66. The first-order chi connectivity index (χ1) is 4.91. The third kappa shape index (κ3) is 7.44. The fourth-order valence-corrected chi connectivity index (χ4v) is 0.630. The number of rotatable bonds is 5. The van der Waals surface area contributed by atoms with E-state index in [0.717, 1.165) is 19.3 Å². The summed E-state index contributed by atoms with van der Waals surface area (Å²) in [7, 11) is 0. The number of aliphatic hydroxyl groups is 1. The van der Waals surface area contributed by atoms with Crippen molar-refractivity contribution in [2.75, 3.05) is 6.61 Å². The molecular weight excluding hydrogens is 124 g/mol. The van der Waals surface area contributed by atoms with Gasteiger partial charge in [-0.15, -0.1) is 0 Å². The molecule has 0 spiro atoms. The van der Waals surface area contributed by atoms with Crippen LogP contribution in [-0.2, 0) is 0 Å². The maximum Gasteiger partial charge on any atom is 0.0465 e. The fraction of sp³-hybridized carbons (Fsp3) is 0.556. The Morgan fingerprint density at radius 1 is 1.10 bits per heavy atom. The van der Waals surface area contributed by atoms with E-state index < -0.39 is 0 Å². The average molecular weight is 140 g/mol. The van der Waals surface area contributed by atoms with Crippen LogP contribution in [0.4, 0.5) is 0 Å². The van der Waals surface area contributed by atoms with Gasteiger partial charge in [0.2, 0.25) is 0 Å². The molecule has 0 atom stereocenters. The lowest BCUT2D eigenvalue weighted by Crippen LogP contribution is -1.74. The molecule has 0 aliphatic carbocycles. The van der Waals surface area contributed by atoms with Crippen LogP contribution >= 0.6 is 0 Å². The van der Waals surface area contributed by atoms with Crippen LogP contribution in [0.5, 0.6) is 0 Å². The van der Waals surface area contributed by atoms with Crippen molar-refractivity contribution in [3.05, 3.63) is 24.3 Å². The van der Waals surface area contributed by atoms with Gasteiger partial charge >= 0.3 is 0 Å². The van der Waals surface area contributed by atoms with Crippen molar-refractivity contribution in [3.63, 3.8) is 0 Å². The normalized spacial score (nSPS) is 11.8. The third-order valence-corrected chi connectivity index (χ3v) is 1.14. The number of hydrogen-bond acceptors (Lipinski definition) is 1. The van der Waals surface area contributed by atoms with E-state index in [1.54, 1.807) is 0 Å². The zero-order valence-electron chi connectivity index (χ0n) is 6.59. The molecule has 10 heavy (non-hydrogen) atoms. The van der Waals surface area contributed by atoms with Crippen molar-refractivity contribution in [2.45, 2.75) is 26.2 Å². The monoisotopic (exact) mass is 140 g/mol. The highest BCUT2D eigenvalue weighted by atomic mass is 16.2. The first-order valence-electron chi connectivity index (χ1n) is 3.82. The Kier molecular flexibility index (Phi) is 7.97. The minimum absolute atomic E-state index is 0.258. The van der Waals surface area contributed by atoms with Gasteiger partial charge in [0.1, 0.15) is 0 Å². The molecule has 58 valence electrons. The molecule has 0 aromatic heterocycles. The summed E-state index contributed by atoms with van der Waals surface area (Å²) in [6.45, 7) is 2.38. The summed E-state index contributed by atoms with van der Waals surface area (Å²) in [5, 5.41) is 8.40. The number of aliphatic hydroxyl groups excluding tert-OH is 1. The molecule has 1 N–H and O–H groups in total. The summed E-state index contributed by atoms with van der Waals surface area (Å²) in [5.74, 6) is 0. The molecule has 0 heterocycles. The van der Waals surface area contributed by atoms with Crippen LogP contribution in [0, 0.1) is 0 Å². The summed E-state index contributed by atoms with van der Waals surface area (Å²) in [6.07, 6.45) is 11.2. The highest BCUT2D eigenvalue weighted by molar-refractivity contribution is 4.92. The van der Waals surface area contributed by atoms with Gasteiger partial charge in [-0.1, -0.05) is 31.2 Å². The largest absolute Gasteiger partial charge is 0.396 e. The van der Waals surface area contributed by atoms with Crippen LogP contribution in [0.3, 0.4) is 0 Å². The topological polar surface area (TPSA) is 20.2 Å². The van der Waals surface area contributed by atoms with Crippen molar-refractivity contribution in [2.24, 2.45) is 0 Å². The quantitative estimate of drug-likeness (QED) is 0.581. The number of allylic oxidation sites excluding steroid dienone is 3. The summed E-state index contributed by atoms with van der Waals surface area (Å²) in [4.78, 5) is 0. The summed E-state index contributed by atoms with van der Waals surface area (Å²) in [6, 6.07) is 0. The summed E-state index contributed by atoms with van der Waals surface area (Å²) in [5.41, 5.74) is 0. The predicted octanol–water partition coefficient (Wildman–Crippen LogP) is 2.28. The Bertz CT molecular complexity index is 103. The second-order valence-corrected chi connectivity index (χ2v) is 2.10. The smallest absolute Gasteiger partial charge is 0.0465 e. The Labute approximate surface area is 63.1 Å². The van der Waals surface area contributed by atoms with Crippen molar-refractivity contribution in [3.8, 4) is 0 Å². The lowest BCUT2D eigenvalue weighted by atomic mass is 10.3. The molecule has 0 unspecified atom stereocenters. The Hall–Kier alpha value is -0.560. The molecular formula is C9H16O. The average Bonchev–Trinajstić information content (AvgIpc) is 1.97.